The summed E-state index contributed by atoms with van der Waals surface area (Å²) in [6.45, 7) is 2.12. The Balaban J connectivity index is 1.97. The second-order valence-corrected chi connectivity index (χ2v) is 7.60. The minimum Gasteiger partial charge on any atom is -0.224 e. The molecule has 2 aromatic carbocycles. The Morgan fingerprint density at radius 3 is 2.33 bits per heavy atom. The molecule has 0 saturated heterocycles. The number of halogens is 1. The van der Waals surface area contributed by atoms with Crippen molar-refractivity contribution in [1.29, 1.82) is 0 Å². The Kier molecular flexibility index (Phi) is 5.43. The van der Waals surface area contributed by atoms with Crippen molar-refractivity contribution in [1.82, 2.24) is 0 Å². The highest BCUT2D eigenvalue weighted by Crippen LogP contribution is 2.17. The van der Waals surface area contributed by atoms with Gasteiger partial charge in [-0.3, -0.25) is 0 Å². The molecule has 0 heterocycles. The molecular weight excluding hydrogens is 304 g/mol. The van der Waals surface area contributed by atoms with Crippen LogP contribution in [0.4, 0.5) is 0 Å². The van der Waals surface area contributed by atoms with Gasteiger partial charge in [-0.1, -0.05) is 42.8 Å². The van der Waals surface area contributed by atoms with Crippen molar-refractivity contribution in [2.24, 2.45) is 0 Å². The summed E-state index contributed by atoms with van der Waals surface area (Å²) in [4.78, 5) is 0.342. The predicted octanol–water partition coefficient (Wildman–Crippen LogP) is 4.31. The van der Waals surface area contributed by atoms with E-state index in [0.717, 1.165) is 12.8 Å². The average Bonchev–Trinajstić information content (AvgIpc) is 2.48. The first-order valence-corrected chi connectivity index (χ1v) is 9.10. The average molecular weight is 323 g/mol. The lowest BCUT2D eigenvalue weighted by molar-refractivity contribution is 0.593. The molecule has 2 nitrogen and oxygen atoms in total. The highest BCUT2D eigenvalue weighted by Gasteiger charge is 2.13. The van der Waals surface area contributed by atoms with E-state index in [-0.39, 0.29) is 5.75 Å². The quantitative estimate of drug-likeness (QED) is 0.794. The highest BCUT2D eigenvalue weighted by atomic mass is 35.5. The minimum absolute atomic E-state index is 0.158. The van der Waals surface area contributed by atoms with Gasteiger partial charge >= 0.3 is 0 Å². The zero-order chi connectivity index (χ0) is 15.3. The van der Waals surface area contributed by atoms with Gasteiger partial charge < -0.3 is 0 Å². The van der Waals surface area contributed by atoms with Crippen LogP contribution in [0.2, 0.25) is 5.02 Å². The first-order valence-electron chi connectivity index (χ1n) is 7.07. The Morgan fingerprint density at radius 1 is 1.00 bits per heavy atom. The summed E-state index contributed by atoms with van der Waals surface area (Å²) in [6.07, 6.45) is 2.40. The van der Waals surface area contributed by atoms with Crippen LogP contribution in [-0.2, 0) is 22.7 Å². The topological polar surface area (TPSA) is 34.1 Å². The molecule has 0 atom stereocenters. The van der Waals surface area contributed by atoms with E-state index in [0.29, 0.717) is 16.3 Å². The summed E-state index contributed by atoms with van der Waals surface area (Å²) in [5, 5.41) is 0.547. The van der Waals surface area contributed by atoms with Crippen LogP contribution in [-0.4, -0.2) is 14.2 Å². The van der Waals surface area contributed by atoms with Crippen LogP contribution < -0.4 is 0 Å². The van der Waals surface area contributed by atoms with Crippen LogP contribution in [0.5, 0.6) is 0 Å². The summed E-state index contributed by atoms with van der Waals surface area (Å²) >= 11 is 5.78. The Morgan fingerprint density at radius 2 is 1.67 bits per heavy atom. The van der Waals surface area contributed by atoms with E-state index in [9.17, 15) is 8.42 Å². The van der Waals surface area contributed by atoms with Gasteiger partial charge in [-0.25, -0.2) is 8.42 Å². The molecule has 0 N–H and O–H groups in total. The maximum Gasteiger partial charge on any atom is 0.178 e. The van der Waals surface area contributed by atoms with E-state index in [4.69, 9.17) is 11.6 Å². The second-order valence-electron chi connectivity index (χ2n) is 5.05. The van der Waals surface area contributed by atoms with E-state index in [2.05, 4.69) is 19.1 Å². The van der Waals surface area contributed by atoms with Crippen LogP contribution in [0.25, 0.3) is 0 Å². The van der Waals surface area contributed by atoms with Gasteiger partial charge in [-0.2, -0.15) is 0 Å². The maximum absolute atomic E-state index is 12.2. The van der Waals surface area contributed by atoms with E-state index in [1.165, 1.54) is 11.1 Å². The van der Waals surface area contributed by atoms with Crippen molar-refractivity contribution in [3.63, 3.8) is 0 Å². The SMILES string of the molecule is CCc1cccc(CCCS(=O)(=O)c2ccc(Cl)cc2)c1. The summed E-state index contributed by atoms with van der Waals surface area (Å²) in [6, 6.07) is 14.7. The first-order chi connectivity index (χ1) is 10.0. The molecule has 0 fully saturated rings. The van der Waals surface area contributed by atoms with E-state index < -0.39 is 9.84 Å². The number of rotatable bonds is 6. The number of sulfone groups is 1. The molecule has 0 bridgehead atoms. The summed E-state index contributed by atoms with van der Waals surface area (Å²) in [5.74, 6) is 0.158. The lowest BCUT2D eigenvalue weighted by atomic mass is 10.1. The van der Waals surface area contributed by atoms with Crippen molar-refractivity contribution >= 4 is 21.4 Å². The third-order valence-corrected chi connectivity index (χ3v) is 5.52. The lowest BCUT2D eigenvalue weighted by Gasteiger charge is -2.06. The third-order valence-electron chi connectivity index (χ3n) is 3.45. The largest absolute Gasteiger partial charge is 0.224 e. The van der Waals surface area contributed by atoms with Crippen molar-refractivity contribution in [2.75, 3.05) is 5.75 Å². The molecule has 0 radical (unpaired) electrons. The summed E-state index contributed by atoms with van der Waals surface area (Å²) in [7, 11) is -3.22. The van der Waals surface area contributed by atoms with Gasteiger partial charge in [0.05, 0.1) is 10.6 Å². The fourth-order valence-electron chi connectivity index (χ4n) is 2.23. The second kappa shape index (κ2) is 7.10. The van der Waals surface area contributed by atoms with Gasteiger partial charge in [0, 0.05) is 5.02 Å². The van der Waals surface area contributed by atoms with E-state index in [1.807, 2.05) is 12.1 Å². The molecule has 0 aliphatic rings. The molecule has 0 aromatic heterocycles. The molecule has 0 unspecified atom stereocenters. The monoisotopic (exact) mass is 322 g/mol. The molecule has 2 rings (SSSR count). The molecule has 0 saturated carbocycles. The third kappa shape index (κ3) is 4.58. The number of hydrogen-bond donors (Lipinski definition) is 0. The molecule has 21 heavy (non-hydrogen) atoms. The molecule has 0 amide bonds. The first kappa shape index (κ1) is 16.1. The highest BCUT2D eigenvalue weighted by molar-refractivity contribution is 7.91. The van der Waals surface area contributed by atoms with E-state index in [1.54, 1.807) is 24.3 Å². The van der Waals surface area contributed by atoms with Crippen molar-refractivity contribution in [3.05, 3.63) is 64.7 Å². The van der Waals surface area contributed by atoms with Crippen LogP contribution >= 0.6 is 11.6 Å². The van der Waals surface area contributed by atoms with Gasteiger partial charge in [0.2, 0.25) is 0 Å². The van der Waals surface area contributed by atoms with Gasteiger partial charge in [0.15, 0.2) is 9.84 Å². The predicted molar refractivity (Wildman–Crippen MR) is 87.6 cm³/mol. The number of aryl methyl sites for hydroxylation is 2. The molecule has 4 heteroatoms. The van der Waals surface area contributed by atoms with Gasteiger partial charge in [-0.15, -0.1) is 0 Å². The Hall–Kier alpha value is -1.32. The molecule has 0 aliphatic heterocycles. The molecule has 2 aromatic rings. The van der Waals surface area contributed by atoms with Crippen LogP contribution in [0.15, 0.2) is 53.4 Å². The smallest absolute Gasteiger partial charge is 0.178 e. The van der Waals surface area contributed by atoms with Crippen molar-refractivity contribution < 1.29 is 8.42 Å². The summed E-state index contributed by atoms with van der Waals surface area (Å²) < 4.78 is 24.4. The zero-order valence-electron chi connectivity index (χ0n) is 12.0. The normalized spacial score (nSPS) is 11.5. The minimum atomic E-state index is -3.22. The molecule has 0 spiro atoms. The van der Waals surface area contributed by atoms with Crippen LogP contribution in [0.1, 0.15) is 24.5 Å². The molecule has 0 aliphatic carbocycles. The molecule has 112 valence electrons. The number of hydrogen-bond acceptors (Lipinski definition) is 2. The van der Waals surface area contributed by atoms with Gasteiger partial charge in [-0.05, 0) is 54.7 Å². The van der Waals surface area contributed by atoms with E-state index >= 15 is 0 Å². The van der Waals surface area contributed by atoms with Gasteiger partial charge in [0.1, 0.15) is 0 Å². The van der Waals surface area contributed by atoms with Crippen molar-refractivity contribution in [2.45, 2.75) is 31.1 Å². The lowest BCUT2D eigenvalue weighted by Crippen LogP contribution is -2.07. The van der Waals surface area contributed by atoms with Crippen LogP contribution in [0.3, 0.4) is 0 Å². The zero-order valence-corrected chi connectivity index (χ0v) is 13.6. The van der Waals surface area contributed by atoms with Gasteiger partial charge in [0.25, 0.3) is 0 Å². The fraction of sp³-hybridized carbons (Fsp3) is 0.294. The molecular formula is C17H19ClO2S. The summed E-state index contributed by atoms with van der Waals surface area (Å²) in [5.41, 5.74) is 2.48. The number of benzene rings is 2. The Bertz CT molecular complexity index is 691. The maximum atomic E-state index is 12.2. The Labute approximate surface area is 131 Å². The van der Waals surface area contributed by atoms with Crippen LogP contribution in [0, 0.1) is 0 Å². The standard InChI is InChI=1S/C17H19ClO2S/c1-2-14-5-3-6-15(13-14)7-4-12-21(19,20)17-10-8-16(18)9-11-17/h3,5-6,8-11,13H,2,4,7,12H2,1H3. The van der Waals surface area contributed by atoms with Crippen molar-refractivity contribution in [3.8, 4) is 0 Å². The fourth-order valence-corrected chi connectivity index (χ4v) is 3.67.